The molecule has 0 saturated carbocycles. The van der Waals surface area contributed by atoms with Crippen LogP contribution in [0.5, 0.6) is 5.75 Å². The smallest absolute Gasteiger partial charge is 0.229 e. The van der Waals surface area contributed by atoms with Crippen molar-refractivity contribution in [2.24, 2.45) is 5.92 Å². The molecule has 5 nitrogen and oxygen atoms in total. The van der Waals surface area contributed by atoms with Crippen molar-refractivity contribution in [3.05, 3.63) is 23.2 Å². The first-order chi connectivity index (χ1) is 10.5. The SMILES string of the molecule is CCCC(=O)N1CCCC(C(=O)Nc2cc(Cl)ccc2O)C1. The standard InChI is InChI=1S/C16H21ClN2O3/c1-2-4-15(21)19-8-3-5-11(10-19)16(22)18-13-9-12(17)6-7-14(13)20/h6-7,9,11,20H,2-5,8,10H2,1H3,(H,18,22). The lowest BCUT2D eigenvalue weighted by molar-refractivity contribution is -0.134. The lowest BCUT2D eigenvalue weighted by atomic mass is 9.96. The molecule has 1 unspecified atom stereocenters. The third-order valence-corrected chi connectivity index (χ3v) is 4.06. The molecule has 1 atom stereocenters. The molecule has 0 aromatic heterocycles. The van der Waals surface area contributed by atoms with E-state index in [4.69, 9.17) is 11.6 Å². The molecule has 22 heavy (non-hydrogen) atoms. The van der Waals surface area contributed by atoms with Crippen LogP contribution in [-0.4, -0.2) is 34.9 Å². The third kappa shape index (κ3) is 4.13. The van der Waals surface area contributed by atoms with Crippen LogP contribution in [0.1, 0.15) is 32.6 Å². The van der Waals surface area contributed by atoms with Crippen LogP contribution in [0.15, 0.2) is 18.2 Å². The second kappa shape index (κ2) is 7.49. The Bertz CT molecular complexity index is 562. The van der Waals surface area contributed by atoms with Crippen molar-refractivity contribution in [2.75, 3.05) is 18.4 Å². The van der Waals surface area contributed by atoms with Crippen molar-refractivity contribution < 1.29 is 14.7 Å². The Kier molecular flexibility index (Phi) is 5.66. The van der Waals surface area contributed by atoms with Crippen LogP contribution in [0.4, 0.5) is 5.69 Å². The highest BCUT2D eigenvalue weighted by Crippen LogP contribution is 2.28. The summed E-state index contributed by atoms with van der Waals surface area (Å²) in [6.07, 6.45) is 2.88. The number of hydrogen-bond donors (Lipinski definition) is 2. The molecule has 1 saturated heterocycles. The van der Waals surface area contributed by atoms with Crippen LogP contribution in [0.25, 0.3) is 0 Å². The fourth-order valence-corrected chi connectivity index (χ4v) is 2.80. The molecule has 1 heterocycles. The van der Waals surface area contributed by atoms with Gasteiger partial charge in [-0.1, -0.05) is 18.5 Å². The summed E-state index contributed by atoms with van der Waals surface area (Å²) in [6, 6.07) is 4.51. The van der Waals surface area contributed by atoms with Gasteiger partial charge in [0.15, 0.2) is 0 Å². The van der Waals surface area contributed by atoms with Gasteiger partial charge in [-0.25, -0.2) is 0 Å². The van der Waals surface area contributed by atoms with E-state index in [1.807, 2.05) is 6.92 Å². The number of hydrogen-bond acceptors (Lipinski definition) is 3. The molecule has 0 aliphatic carbocycles. The second-order valence-corrected chi connectivity index (χ2v) is 6.02. The first-order valence-corrected chi connectivity index (χ1v) is 7.96. The Morgan fingerprint density at radius 2 is 2.23 bits per heavy atom. The van der Waals surface area contributed by atoms with Gasteiger partial charge in [-0.3, -0.25) is 9.59 Å². The van der Waals surface area contributed by atoms with Gasteiger partial charge >= 0.3 is 0 Å². The number of carbonyl (C=O) groups is 2. The summed E-state index contributed by atoms with van der Waals surface area (Å²) in [6.45, 7) is 3.12. The highest BCUT2D eigenvalue weighted by Gasteiger charge is 2.28. The molecule has 120 valence electrons. The summed E-state index contributed by atoms with van der Waals surface area (Å²) in [7, 11) is 0. The van der Waals surface area contributed by atoms with Crippen LogP contribution in [0.3, 0.4) is 0 Å². The summed E-state index contributed by atoms with van der Waals surface area (Å²) < 4.78 is 0. The van der Waals surface area contributed by atoms with E-state index in [1.165, 1.54) is 12.1 Å². The molecule has 0 bridgehead atoms. The quantitative estimate of drug-likeness (QED) is 0.836. The van der Waals surface area contributed by atoms with E-state index in [0.29, 0.717) is 30.2 Å². The topological polar surface area (TPSA) is 69.6 Å². The molecule has 6 heteroatoms. The molecule has 0 radical (unpaired) electrons. The van der Waals surface area contributed by atoms with Gasteiger partial charge in [-0.05, 0) is 37.5 Å². The Labute approximate surface area is 135 Å². The molecule has 1 fully saturated rings. The van der Waals surface area contributed by atoms with Gasteiger partial charge in [0.1, 0.15) is 5.75 Å². The number of likely N-dealkylation sites (tertiary alicyclic amines) is 1. The summed E-state index contributed by atoms with van der Waals surface area (Å²) in [4.78, 5) is 26.1. The predicted octanol–water partition coefficient (Wildman–Crippen LogP) is 3.02. The lowest BCUT2D eigenvalue weighted by Gasteiger charge is -2.32. The molecule has 0 spiro atoms. The Morgan fingerprint density at radius 3 is 2.95 bits per heavy atom. The number of aromatic hydroxyl groups is 1. The van der Waals surface area contributed by atoms with Gasteiger partial charge in [-0.2, -0.15) is 0 Å². The number of phenols is 1. The Hall–Kier alpha value is -1.75. The number of carbonyl (C=O) groups excluding carboxylic acids is 2. The van der Waals surface area contributed by atoms with E-state index < -0.39 is 0 Å². The van der Waals surface area contributed by atoms with Gasteiger partial charge in [0.2, 0.25) is 11.8 Å². The minimum Gasteiger partial charge on any atom is -0.506 e. The largest absolute Gasteiger partial charge is 0.506 e. The lowest BCUT2D eigenvalue weighted by Crippen LogP contribution is -2.43. The van der Waals surface area contributed by atoms with Crippen molar-refractivity contribution in [1.29, 1.82) is 0 Å². The summed E-state index contributed by atoms with van der Waals surface area (Å²) in [5, 5.41) is 12.9. The molecule has 1 aliphatic heterocycles. The van der Waals surface area contributed by atoms with Crippen molar-refractivity contribution in [2.45, 2.75) is 32.6 Å². The first-order valence-electron chi connectivity index (χ1n) is 7.58. The zero-order valence-corrected chi connectivity index (χ0v) is 13.4. The van der Waals surface area contributed by atoms with Crippen LogP contribution in [0.2, 0.25) is 5.02 Å². The van der Waals surface area contributed by atoms with Crippen LogP contribution in [0, 0.1) is 5.92 Å². The average molecular weight is 325 g/mol. The van der Waals surface area contributed by atoms with E-state index in [1.54, 1.807) is 11.0 Å². The second-order valence-electron chi connectivity index (χ2n) is 5.58. The van der Waals surface area contributed by atoms with E-state index >= 15 is 0 Å². The molecule has 2 rings (SSSR count). The van der Waals surface area contributed by atoms with Crippen LogP contribution in [-0.2, 0) is 9.59 Å². The van der Waals surface area contributed by atoms with Crippen molar-refractivity contribution in [1.82, 2.24) is 4.90 Å². The zero-order chi connectivity index (χ0) is 16.1. The van der Waals surface area contributed by atoms with Gasteiger partial charge in [0, 0.05) is 24.5 Å². The fourth-order valence-electron chi connectivity index (χ4n) is 2.63. The normalized spacial score (nSPS) is 18.1. The van der Waals surface area contributed by atoms with Crippen LogP contribution >= 0.6 is 11.6 Å². The first kappa shape index (κ1) is 16.6. The highest BCUT2D eigenvalue weighted by atomic mass is 35.5. The maximum atomic E-state index is 12.4. The van der Waals surface area contributed by atoms with Crippen molar-refractivity contribution >= 4 is 29.1 Å². The number of nitrogens with zero attached hydrogens (tertiary/aromatic N) is 1. The number of benzene rings is 1. The Morgan fingerprint density at radius 1 is 1.45 bits per heavy atom. The highest BCUT2D eigenvalue weighted by molar-refractivity contribution is 6.31. The number of anilines is 1. The van der Waals surface area contributed by atoms with E-state index in [9.17, 15) is 14.7 Å². The van der Waals surface area contributed by atoms with Crippen molar-refractivity contribution in [3.63, 3.8) is 0 Å². The molecule has 2 N–H and O–H groups in total. The third-order valence-electron chi connectivity index (χ3n) is 3.83. The van der Waals surface area contributed by atoms with E-state index in [2.05, 4.69) is 5.32 Å². The molecular formula is C16H21ClN2O3. The summed E-state index contributed by atoms with van der Waals surface area (Å²) >= 11 is 5.87. The number of phenolic OH excluding ortho intramolecular Hbond substituents is 1. The minimum absolute atomic E-state index is 0.0209. The predicted molar refractivity (Wildman–Crippen MR) is 86.0 cm³/mol. The van der Waals surface area contributed by atoms with E-state index in [0.717, 1.165) is 19.3 Å². The summed E-state index contributed by atoms with van der Waals surface area (Å²) in [5.41, 5.74) is 0.300. The fraction of sp³-hybridized carbons (Fsp3) is 0.500. The van der Waals surface area contributed by atoms with Gasteiger partial charge in [0.05, 0.1) is 11.6 Å². The molecule has 2 amide bonds. The maximum Gasteiger partial charge on any atom is 0.229 e. The monoisotopic (exact) mass is 324 g/mol. The van der Waals surface area contributed by atoms with Gasteiger partial charge in [-0.15, -0.1) is 0 Å². The maximum absolute atomic E-state index is 12.4. The number of piperidine rings is 1. The molecule has 1 aromatic rings. The van der Waals surface area contributed by atoms with Crippen LogP contribution < -0.4 is 5.32 Å². The molecule has 1 aliphatic rings. The average Bonchev–Trinajstić information content (AvgIpc) is 2.51. The number of amides is 2. The summed E-state index contributed by atoms with van der Waals surface area (Å²) in [5.74, 6) is -0.363. The molecular weight excluding hydrogens is 304 g/mol. The van der Waals surface area contributed by atoms with Crippen molar-refractivity contribution in [3.8, 4) is 5.75 Å². The number of rotatable bonds is 4. The zero-order valence-electron chi connectivity index (χ0n) is 12.6. The molecule has 1 aromatic carbocycles. The van der Waals surface area contributed by atoms with Gasteiger partial charge in [0.25, 0.3) is 0 Å². The van der Waals surface area contributed by atoms with Gasteiger partial charge < -0.3 is 15.3 Å². The Balaban J connectivity index is 2.00. The number of nitrogens with one attached hydrogen (secondary N) is 1. The number of halogens is 1. The van der Waals surface area contributed by atoms with E-state index in [-0.39, 0.29) is 23.5 Å². The minimum atomic E-state index is -0.257.